The molecule has 0 radical (unpaired) electrons. The van der Waals surface area contributed by atoms with E-state index >= 15 is 0 Å². The smallest absolute Gasteiger partial charge is 0.107 e. The van der Waals surface area contributed by atoms with Crippen LogP contribution >= 0.6 is 23.8 Å². The fourth-order valence-electron chi connectivity index (χ4n) is 1.75. The van der Waals surface area contributed by atoms with Gasteiger partial charge in [-0.15, -0.1) is 0 Å². The lowest BCUT2D eigenvalue weighted by Crippen LogP contribution is -2.30. The Balaban J connectivity index is 2.91. The first-order chi connectivity index (χ1) is 7.91. The van der Waals surface area contributed by atoms with Crippen LogP contribution in [0.2, 0.25) is 5.02 Å². The normalized spacial score (nSPS) is 12.5. The van der Waals surface area contributed by atoms with Gasteiger partial charge in [-0.3, -0.25) is 0 Å². The first-order valence-corrected chi connectivity index (χ1v) is 6.20. The molecule has 0 saturated heterocycles. The lowest BCUT2D eigenvalue weighted by Gasteiger charge is -2.21. The molecule has 0 aromatic heterocycles. The minimum Gasteiger partial charge on any atom is -0.389 e. The molecule has 1 aromatic carbocycles. The molecule has 1 rings (SSSR count). The molecule has 0 aliphatic carbocycles. The Labute approximate surface area is 113 Å². The van der Waals surface area contributed by atoms with Gasteiger partial charge in [-0.25, -0.2) is 0 Å². The third-order valence-electron chi connectivity index (χ3n) is 2.30. The van der Waals surface area contributed by atoms with E-state index in [4.69, 9.17) is 29.6 Å². The summed E-state index contributed by atoms with van der Waals surface area (Å²) in [6.45, 7) is 3.02. The van der Waals surface area contributed by atoms with E-state index in [0.717, 1.165) is 17.8 Å². The van der Waals surface area contributed by atoms with E-state index in [9.17, 15) is 0 Å². The summed E-state index contributed by atoms with van der Waals surface area (Å²) in [6, 6.07) is 5.90. The maximum absolute atomic E-state index is 6.10. The second-order valence-electron chi connectivity index (χ2n) is 4.33. The maximum Gasteiger partial charge on any atom is 0.107 e. The van der Waals surface area contributed by atoms with E-state index in [0.29, 0.717) is 10.0 Å². The Morgan fingerprint density at radius 2 is 2.18 bits per heavy atom. The molecule has 0 aliphatic rings. The molecule has 0 aliphatic heterocycles. The number of likely N-dealkylation sites (N-methyl/N-ethyl adjacent to an activating group) is 1. The van der Waals surface area contributed by atoms with Crippen molar-refractivity contribution in [2.75, 3.05) is 26.0 Å². The van der Waals surface area contributed by atoms with Crippen LogP contribution < -0.4 is 11.1 Å². The highest BCUT2D eigenvalue weighted by Gasteiger charge is 2.12. The van der Waals surface area contributed by atoms with Crippen molar-refractivity contribution in [2.24, 2.45) is 5.73 Å². The number of hydrogen-bond acceptors (Lipinski definition) is 3. The van der Waals surface area contributed by atoms with E-state index in [1.54, 1.807) is 6.07 Å². The average molecular weight is 272 g/mol. The van der Waals surface area contributed by atoms with E-state index in [-0.39, 0.29) is 6.04 Å². The van der Waals surface area contributed by atoms with Gasteiger partial charge in [0.2, 0.25) is 0 Å². The van der Waals surface area contributed by atoms with Crippen molar-refractivity contribution in [1.29, 1.82) is 0 Å². The van der Waals surface area contributed by atoms with E-state index in [2.05, 4.69) is 17.1 Å². The SMILES string of the molecule is CC(CN(C)C)Nc1cccc(Cl)c1C(N)=S. The fourth-order valence-corrected chi connectivity index (χ4v) is 2.31. The van der Waals surface area contributed by atoms with Gasteiger partial charge in [-0.1, -0.05) is 29.9 Å². The van der Waals surface area contributed by atoms with Crippen LogP contribution in [-0.4, -0.2) is 36.6 Å². The number of rotatable bonds is 5. The second kappa shape index (κ2) is 6.19. The molecule has 3 N–H and O–H groups in total. The van der Waals surface area contributed by atoms with Gasteiger partial charge in [0.15, 0.2) is 0 Å². The first-order valence-electron chi connectivity index (χ1n) is 5.41. The molecule has 0 fully saturated rings. The van der Waals surface area contributed by atoms with E-state index in [1.807, 2.05) is 26.2 Å². The quantitative estimate of drug-likeness (QED) is 0.807. The number of nitrogens with two attached hydrogens (primary N) is 1. The van der Waals surface area contributed by atoms with Gasteiger partial charge in [-0.05, 0) is 33.2 Å². The third-order valence-corrected chi connectivity index (χ3v) is 2.82. The topological polar surface area (TPSA) is 41.3 Å². The number of anilines is 1. The molecule has 0 spiro atoms. The van der Waals surface area contributed by atoms with Crippen LogP contribution in [-0.2, 0) is 0 Å². The molecule has 1 aromatic rings. The van der Waals surface area contributed by atoms with Crippen molar-refractivity contribution < 1.29 is 0 Å². The molecule has 5 heteroatoms. The largest absolute Gasteiger partial charge is 0.389 e. The zero-order valence-corrected chi connectivity index (χ0v) is 11.9. The van der Waals surface area contributed by atoms with Crippen LogP contribution in [0.3, 0.4) is 0 Å². The third kappa shape index (κ3) is 4.15. The number of benzene rings is 1. The molecule has 0 bridgehead atoms. The molecular weight excluding hydrogens is 254 g/mol. The molecule has 0 saturated carbocycles. The lowest BCUT2D eigenvalue weighted by atomic mass is 10.1. The minimum atomic E-state index is 0.288. The summed E-state index contributed by atoms with van der Waals surface area (Å²) in [4.78, 5) is 2.43. The molecule has 94 valence electrons. The highest BCUT2D eigenvalue weighted by atomic mass is 35.5. The summed E-state index contributed by atoms with van der Waals surface area (Å²) in [5.74, 6) is 0. The highest BCUT2D eigenvalue weighted by Crippen LogP contribution is 2.24. The van der Waals surface area contributed by atoms with Crippen molar-refractivity contribution in [1.82, 2.24) is 4.90 Å². The van der Waals surface area contributed by atoms with Crippen LogP contribution in [0, 0.1) is 0 Å². The molecule has 0 amide bonds. The summed E-state index contributed by atoms with van der Waals surface area (Å²) in [7, 11) is 4.06. The van der Waals surface area contributed by atoms with Gasteiger partial charge >= 0.3 is 0 Å². The minimum absolute atomic E-state index is 0.288. The zero-order valence-electron chi connectivity index (χ0n) is 10.3. The van der Waals surface area contributed by atoms with Gasteiger partial charge < -0.3 is 16.0 Å². The Hall–Kier alpha value is -0.840. The van der Waals surface area contributed by atoms with Crippen molar-refractivity contribution in [3.63, 3.8) is 0 Å². The monoisotopic (exact) mass is 271 g/mol. The summed E-state index contributed by atoms with van der Waals surface area (Å²) in [5, 5.41) is 3.95. The standard InChI is InChI=1S/C12H18ClN3S/c1-8(7-16(2)3)15-10-6-4-5-9(13)11(10)12(14)17/h4-6,8,15H,7H2,1-3H3,(H2,14,17). The summed E-state index contributed by atoms with van der Waals surface area (Å²) in [6.07, 6.45) is 0. The fraction of sp³-hybridized carbons (Fsp3) is 0.417. The van der Waals surface area contributed by atoms with Crippen LogP contribution in [0.5, 0.6) is 0 Å². The molecule has 17 heavy (non-hydrogen) atoms. The van der Waals surface area contributed by atoms with Crippen molar-refractivity contribution in [2.45, 2.75) is 13.0 Å². The lowest BCUT2D eigenvalue weighted by molar-refractivity contribution is 0.392. The summed E-state index contributed by atoms with van der Waals surface area (Å²) in [5.41, 5.74) is 7.29. The van der Waals surface area contributed by atoms with Crippen molar-refractivity contribution >= 4 is 34.5 Å². The van der Waals surface area contributed by atoms with Crippen LogP contribution in [0.15, 0.2) is 18.2 Å². The number of nitrogens with zero attached hydrogens (tertiary/aromatic N) is 1. The average Bonchev–Trinajstić information content (AvgIpc) is 2.15. The number of thiocarbonyl (C=S) groups is 1. The maximum atomic E-state index is 6.10. The molecular formula is C12H18ClN3S. The highest BCUT2D eigenvalue weighted by molar-refractivity contribution is 7.80. The van der Waals surface area contributed by atoms with Gasteiger partial charge in [0.1, 0.15) is 4.99 Å². The van der Waals surface area contributed by atoms with Gasteiger partial charge in [0, 0.05) is 18.3 Å². The van der Waals surface area contributed by atoms with Crippen LogP contribution in [0.25, 0.3) is 0 Å². The van der Waals surface area contributed by atoms with E-state index < -0.39 is 0 Å². The molecule has 1 atom stereocenters. The Morgan fingerprint density at radius 1 is 1.53 bits per heavy atom. The zero-order chi connectivity index (χ0) is 13.0. The Morgan fingerprint density at radius 3 is 2.71 bits per heavy atom. The molecule has 1 unspecified atom stereocenters. The van der Waals surface area contributed by atoms with Crippen LogP contribution in [0.1, 0.15) is 12.5 Å². The number of hydrogen-bond donors (Lipinski definition) is 2. The van der Waals surface area contributed by atoms with Crippen molar-refractivity contribution in [3.05, 3.63) is 28.8 Å². The molecule has 3 nitrogen and oxygen atoms in total. The van der Waals surface area contributed by atoms with E-state index in [1.165, 1.54) is 0 Å². The Kier molecular flexibility index (Phi) is 5.18. The predicted octanol–water partition coefficient (Wildman–Crippen LogP) is 2.34. The summed E-state index contributed by atoms with van der Waals surface area (Å²) < 4.78 is 0. The van der Waals surface area contributed by atoms with Gasteiger partial charge in [0.25, 0.3) is 0 Å². The van der Waals surface area contributed by atoms with Crippen LogP contribution in [0.4, 0.5) is 5.69 Å². The first kappa shape index (κ1) is 14.2. The number of halogens is 1. The Bertz CT molecular complexity index is 407. The predicted molar refractivity (Wildman–Crippen MR) is 79.0 cm³/mol. The number of nitrogens with one attached hydrogen (secondary N) is 1. The second-order valence-corrected chi connectivity index (χ2v) is 5.18. The molecule has 0 heterocycles. The summed E-state index contributed by atoms with van der Waals surface area (Å²) >= 11 is 11.1. The van der Waals surface area contributed by atoms with Crippen molar-refractivity contribution in [3.8, 4) is 0 Å². The van der Waals surface area contributed by atoms with Gasteiger partial charge in [-0.2, -0.15) is 0 Å². The van der Waals surface area contributed by atoms with Gasteiger partial charge in [0.05, 0.1) is 10.6 Å².